The summed E-state index contributed by atoms with van der Waals surface area (Å²) in [6, 6.07) is 0. The fraction of sp³-hybridized carbons (Fsp3) is 0.875. The van der Waals surface area contributed by atoms with E-state index < -0.39 is 41.3 Å². The van der Waals surface area contributed by atoms with Gasteiger partial charge in [0.05, 0.1) is 6.61 Å². The van der Waals surface area contributed by atoms with Crippen LogP contribution in [0.3, 0.4) is 0 Å². The summed E-state index contributed by atoms with van der Waals surface area (Å²) in [7, 11) is 0. The minimum Gasteiger partial charge on any atom is -0.394 e. The maximum Gasteiger partial charge on any atom is 0.209 e. The average Bonchev–Trinajstić information content (AvgIpc) is 2.20. The molecule has 0 saturated carbocycles. The highest BCUT2D eigenvalue weighted by atomic mass is 79.9. The Morgan fingerprint density at radius 2 is 1.93 bits per heavy atom. The van der Waals surface area contributed by atoms with Crippen LogP contribution in [0.15, 0.2) is 0 Å². The second-order valence-corrected chi connectivity index (χ2v) is 4.64. The lowest BCUT2D eigenvalue weighted by Gasteiger charge is -2.43. The number of ketones is 1. The van der Waals surface area contributed by atoms with Crippen molar-refractivity contribution in [2.75, 3.05) is 6.61 Å². The van der Waals surface area contributed by atoms with Gasteiger partial charge in [0.15, 0.2) is 5.78 Å². The summed E-state index contributed by atoms with van der Waals surface area (Å²) in [6.45, 7) is 0.600. The van der Waals surface area contributed by atoms with E-state index in [1.54, 1.807) is 0 Å². The van der Waals surface area contributed by atoms with Gasteiger partial charge in [-0.15, -0.1) is 0 Å². The van der Waals surface area contributed by atoms with Gasteiger partial charge in [0, 0.05) is 0 Å². The van der Waals surface area contributed by atoms with Crippen molar-refractivity contribution in [1.82, 2.24) is 0 Å². The molecule has 1 rings (SSSR count). The highest BCUT2D eigenvalue weighted by molar-refractivity contribution is 9.10. The number of carbonyl (C=O) groups excluding carboxylic acids is 1. The zero-order valence-electron chi connectivity index (χ0n) is 8.00. The van der Waals surface area contributed by atoms with Gasteiger partial charge in [-0.1, -0.05) is 0 Å². The molecule has 0 unspecified atom stereocenters. The lowest BCUT2D eigenvalue weighted by atomic mass is 9.93. The van der Waals surface area contributed by atoms with Crippen LogP contribution in [0.4, 0.5) is 0 Å². The van der Waals surface area contributed by atoms with Gasteiger partial charge in [-0.05, 0) is 22.9 Å². The predicted octanol–water partition coefficient (Wildman–Crippen LogP) is -1.86. The van der Waals surface area contributed by atoms with Crippen molar-refractivity contribution >= 4 is 21.7 Å². The molecule has 0 aliphatic carbocycles. The summed E-state index contributed by atoms with van der Waals surface area (Å²) in [5, 5.41) is 37.3. The largest absolute Gasteiger partial charge is 0.394 e. The molecule has 0 bridgehead atoms. The topological polar surface area (TPSA) is 107 Å². The lowest BCUT2D eigenvalue weighted by molar-refractivity contribution is -0.234. The molecule has 15 heavy (non-hydrogen) atoms. The molecule has 5 atom stereocenters. The molecule has 0 radical (unpaired) electrons. The molecule has 88 valence electrons. The van der Waals surface area contributed by atoms with E-state index in [1.807, 2.05) is 0 Å². The molecule has 4 N–H and O–H groups in total. The fourth-order valence-corrected chi connectivity index (χ4v) is 1.93. The Bertz CT molecular complexity index is 258. The standard InChI is InChI=1S/C8H13BrO6/c1-3(11)8(9)7(14)6(13)5(12)4(2-10)15-8/h4-7,10,12-14H,2H2,1H3/t4-,5-,6+,7-,8-/m1/s1. The molecule has 1 fully saturated rings. The van der Waals surface area contributed by atoms with Gasteiger partial charge < -0.3 is 25.2 Å². The van der Waals surface area contributed by atoms with E-state index in [9.17, 15) is 20.1 Å². The van der Waals surface area contributed by atoms with Crippen LogP contribution < -0.4 is 0 Å². The molecule has 1 aliphatic rings. The Morgan fingerprint density at radius 3 is 2.33 bits per heavy atom. The Labute approximate surface area is 94.6 Å². The van der Waals surface area contributed by atoms with Gasteiger partial charge in [-0.3, -0.25) is 4.79 Å². The van der Waals surface area contributed by atoms with Crippen molar-refractivity contribution in [3.8, 4) is 0 Å². The molecule has 6 nitrogen and oxygen atoms in total. The first-order valence-corrected chi connectivity index (χ1v) is 5.16. The molecule has 0 aromatic carbocycles. The van der Waals surface area contributed by atoms with Gasteiger partial charge in [-0.25, -0.2) is 0 Å². The van der Waals surface area contributed by atoms with Crippen LogP contribution in [0.25, 0.3) is 0 Å². The number of halogens is 1. The number of ether oxygens (including phenoxy) is 1. The monoisotopic (exact) mass is 284 g/mol. The zero-order chi connectivity index (χ0) is 11.8. The molecule has 0 amide bonds. The summed E-state index contributed by atoms with van der Waals surface area (Å²) in [5.41, 5.74) is 0. The van der Waals surface area contributed by atoms with E-state index in [0.29, 0.717) is 0 Å². The third-order valence-electron chi connectivity index (χ3n) is 2.42. The van der Waals surface area contributed by atoms with E-state index in [-0.39, 0.29) is 0 Å². The second kappa shape index (κ2) is 4.44. The molecule has 7 heteroatoms. The van der Waals surface area contributed by atoms with Crippen LogP contribution in [0.2, 0.25) is 0 Å². The number of alkyl halides is 1. The van der Waals surface area contributed by atoms with Crippen molar-refractivity contribution in [3.63, 3.8) is 0 Å². The summed E-state index contributed by atoms with van der Waals surface area (Å²) in [6.07, 6.45) is -5.70. The van der Waals surface area contributed by atoms with E-state index >= 15 is 0 Å². The number of aliphatic hydroxyl groups excluding tert-OH is 4. The number of hydrogen-bond acceptors (Lipinski definition) is 6. The highest BCUT2D eigenvalue weighted by Crippen LogP contribution is 2.35. The van der Waals surface area contributed by atoms with Crippen molar-refractivity contribution in [2.24, 2.45) is 0 Å². The van der Waals surface area contributed by atoms with Crippen molar-refractivity contribution in [1.29, 1.82) is 0 Å². The lowest BCUT2D eigenvalue weighted by Crippen LogP contribution is -2.64. The van der Waals surface area contributed by atoms with E-state index in [0.717, 1.165) is 6.92 Å². The first-order valence-electron chi connectivity index (χ1n) is 4.37. The Balaban J connectivity index is 2.97. The van der Waals surface area contributed by atoms with Gasteiger partial charge in [0.2, 0.25) is 4.51 Å². The van der Waals surface area contributed by atoms with Crippen LogP contribution in [0.5, 0.6) is 0 Å². The maximum atomic E-state index is 11.2. The van der Waals surface area contributed by atoms with E-state index in [1.165, 1.54) is 0 Å². The zero-order valence-corrected chi connectivity index (χ0v) is 9.59. The predicted molar refractivity (Wildman–Crippen MR) is 52.3 cm³/mol. The maximum absolute atomic E-state index is 11.2. The number of rotatable bonds is 2. The quantitative estimate of drug-likeness (QED) is 0.443. The molecular weight excluding hydrogens is 272 g/mol. The van der Waals surface area contributed by atoms with E-state index in [2.05, 4.69) is 15.9 Å². The average molecular weight is 285 g/mol. The normalized spacial score (nSPS) is 46.5. The summed E-state index contributed by atoms with van der Waals surface area (Å²) in [4.78, 5) is 11.2. The smallest absolute Gasteiger partial charge is 0.209 e. The second-order valence-electron chi connectivity index (χ2n) is 3.47. The van der Waals surface area contributed by atoms with Crippen LogP contribution in [-0.2, 0) is 9.53 Å². The third kappa shape index (κ3) is 2.08. The molecule has 0 aromatic heterocycles. The number of Topliss-reactive ketones (excluding diaryl/α,β-unsaturated/α-hetero) is 1. The number of carbonyl (C=O) groups is 1. The first-order chi connectivity index (χ1) is 6.84. The highest BCUT2D eigenvalue weighted by Gasteiger charge is 2.54. The SMILES string of the molecule is CC(=O)[C@@]1(Br)O[C@H](CO)[C@@H](O)[C@H](O)[C@H]1O. The fourth-order valence-electron chi connectivity index (χ4n) is 1.42. The molecule has 0 aromatic rings. The van der Waals surface area contributed by atoms with Crippen molar-refractivity contribution in [2.45, 2.75) is 35.8 Å². The van der Waals surface area contributed by atoms with Crippen LogP contribution in [-0.4, -0.2) is 61.7 Å². The van der Waals surface area contributed by atoms with Crippen molar-refractivity contribution < 1.29 is 30.0 Å². The Kier molecular flexibility index (Phi) is 3.85. The Morgan fingerprint density at radius 1 is 1.40 bits per heavy atom. The first kappa shape index (κ1) is 13.0. The van der Waals surface area contributed by atoms with Gasteiger partial charge in [0.1, 0.15) is 24.4 Å². The van der Waals surface area contributed by atoms with Gasteiger partial charge in [-0.2, -0.15) is 0 Å². The number of aliphatic hydroxyl groups is 4. The van der Waals surface area contributed by atoms with Gasteiger partial charge in [0.25, 0.3) is 0 Å². The molecular formula is C8H13BrO6. The van der Waals surface area contributed by atoms with E-state index in [4.69, 9.17) is 9.84 Å². The molecule has 1 saturated heterocycles. The van der Waals surface area contributed by atoms with Crippen LogP contribution in [0.1, 0.15) is 6.92 Å². The molecule has 1 heterocycles. The van der Waals surface area contributed by atoms with Crippen LogP contribution in [0, 0.1) is 0 Å². The molecule has 0 spiro atoms. The van der Waals surface area contributed by atoms with Gasteiger partial charge >= 0.3 is 0 Å². The minimum atomic E-state index is -1.78. The number of hydrogen-bond donors (Lipinski definition) is 4. The Hall–Kier alpha value is -0.0500. The van der Waals surface area contributed by atoms with Crippen molar-refractivity contribution in [3.05, 3.63) is 0 Å². The molecule has 1 aliphatic heterocycles. The summed E-state index contributed by atoms with van der Waals surface area (Å²) in [5.74, 6) is -0.556. The third-order valence-corrected chi connectivity index (χ3v) is 3.63. The summed E-state index contributed by atoms with van der Waals surface area (Å²) >= 11 is 2.87. The van der Waals surface area contributed by atoms with Crippen LogP contribution >= 0.6 is 15.9 Å². The summed E-state index contributed by atoms with van der Waals surface area (Å²) < 4.78 is 3.26. The minimum absolute atomic E-state index is 0.556.